The fraction of sp³-hybridized carbons (Fsp3) is 0.174. The highest BCUT2D eigenvalue weighted by molar-refractivity contribution is 8.00. The maximum Gasteiger partial charge on any atom is 0.318 e. The van der Waals surface area contributed by atoms with Gasteiger partial charge in [-0.15, -0.1) is 0 Å². The number of pyridine rings is 1. The molecule has 1 aliphatic rings. The van der Waals surface area contributed by atoms with E-state index in [1.54, 1.807) is 41.4 Å². The van der Waals surface area contributed by atoms with Crippen molar-refractivity contribution in [3.05, 3.63) is 83.0 Å². The number of rotatable bonds is 5. The Bertz CT molecular complexity index is 1310. The minimum absolute atomic E-state index is 0.218. The number of amides is 2. The number of aromatic nitrogens is 1. The van der Waals surface area contributed by atoms with Gasteiger partial charge in [0.2, 0.25) is 0 Å². The number of hydrogen-bond acceptors (Lipinski definition) is 4. The van der Waals surface area contributed by atoms with Crippen LogP contribution < -0.4 is 11.1 Å². The average molecular weight is 489 g/mol. The Kier molecular flexibility index (Phi) is 6.12. The number of nitrogen functional groups attached to an aromatic ring is 1. The van der Waals surface area contributed by atoms with Gasteiger partial charge in [-0.05, 0) is 52.9 Å². The third-order valence-corrected chi connectivity index (χ3v) is 7.84. The number of alkyl halides is 2. The summed E-state index contributed by atoms with van der Waals surface area (Å²) in [6.07, 6.45) is 1.68. The molecule has 0 aliphatic carbocycles. The van der Waals surface area contributed by atoms with Crippen molar-refractivity contribution >= 4 is 36.5 Å². The van der Waals surface area contributed by atoms with Gasteiger partial charge in [0, 0.05) is 50.7 Å². The van der Waals surface area contributed by atoms with Crippen molar-refractivity contribution in [1.29, 1.82) is 0 Å². The van der Waals surface area contributed by atoms with Crippen LogP contribution in [0.3, 0.4) is 0 Å². The van der Waals surface area contributed by atoms with Crippen molar-refractivity contribution < 1.29 is 17.8 Å². The number of carbonyl (C=O) groups excluding carboxylic acids is 1. The molecule has 10 heteroatoms. The van der Waals surface area contributed by atoms with E-state index >= 15 is 0 Å². The fourth-order valence-corrected chi connectivity index (χ4v) is 5.25. The number of carbonyl (C=O) groups is 1. The molecule has 1 aliphatic heterocycles. The topological polar surface area (TPSA) is 88.3 Å². The third kappa shape index (κ3) is 4.99. The van der Waals surface area contributed by atoms with Gasteiger partial charge in [0.05, 0.1) is 0 Å². The molecule has 0 saturated carbocycles. The fourth-order valence-electron chi connectivity index (χ4n) is 3.61. The molecule has 2 atom stereocenters. The third-order valence-electron chi connectivity index (χ3n) is 5.46. The highest BCUT2D eigenvalue weighted by Crippen LogP contribution is 2.36. The Morgan fingerprint density at radius 2 is 1.85 bits per heavy atom. The SMILES string of the molecule is C=S(=O)(c1ccc(CNC(=O)N2Cc3cnc(N)cc3C2)cc1)c1cccc(C(F)(F)P)c1. The second-order valence-corrected chi connectivity index (χ2v) is 10.9. The molecule has 0 spiro atoms. The van der Waals surface area contributed by atoms with Crippen molar-refractivity contribution in [2.45, 2.75) is 35.1 Å². The smallest absolute Gasteiger partial charge is 0.318 e. The summed E-state index contributed by atoms with van der Waals surface area (Å²) in [5.74, 6) is 4.22. The van der Waals surface area contributed by atoms with E-state index in [0.29, 0.717) is 23.8 Å². The number of anilines is 1. The molecule has 0 fully saturated rings. The van der Waals surface area contributed by atoms with Crippen LogP contribution in [0.1, 0.15) is 22.3 Å². The number of nitrogens with two attached hydrogens (primary N) is 1. The van der Waals surface area contributed by atoms with Gasteiger partial charge < -0.3 is 16.0 Å². The minimum Gasteiger partial charge on any atom is -0.384 e. The van der Waals surface area contributed by atoms with Crippen molar-refractivity contribution in [3.63, 3.8) is 0 Å². The highest BCUT2D eigenvalue weighted by Gasteiger charge is 2.26. The number of fused-ring (bicyclic) bond motifs is 1. The van der Waals surface area contributed by atoms with Gasteiger partial charge in [0.15, 0.2) is 0 Å². The zero-order chi connectivity index (χ0) is 23.8. The maximum atomic E-state index is 13.6. The maximum absolute atomic E-state index is 13.6. The van der Waals surface area contributed by atoms with Crippen molar-refractivity contribution in [2.24, 2.45) is 0 Å². The average Bonchev–Trinajstić information content (AvgIpc) is 3.20. The summed E-state index contributed by atoms with van der Waals surface area (Å²) < 4.78 is 40.6. The van der Waals surface area contributed by atoms with Gasteiger partial charge in [-0.1, -0.05) is 33.5 Å². The second-order valence-electron chi connectivity index (χ2n) is 7.86. The highest BCUT2D eigenvalue weighted by atomic mass is 32.2. The Hall–Kier alpha value is -3.03. The lowest BCUT2D eigenvalue weighted by Crippen LogP contribution is -2.35. The molecule has 6 nitrogen and oxygen atoms in total. The molecule has 1 aromatic heterocycles. The van der Waals surface area contributed by atoms with Gasteiger partial charge in [0.25, 0.3) is 5.66 Å². The number of hydrogen-bond donors (Lipinski definition) is 2. The van der Waals surface area contributed by atoms with E-state index in [1.165, 1.54) is 33.5 Å². The zero-order valence-corrected chi connectivity index (χ0v) is 19.6. The zero-order valence-electron chi connectivity index (χ0n) is 17.6. The monoisotopic (exact) mass is 488 g/mol. The number of benzene rings is 2. The number of halogens is 2. The van der Waals surface area contributed by atoms with Crippen LogP contribution in [-0.4, -0.2) is 26.0 Å². The van der Waals surface area contributed by atoms with Gasteiger partial charge in [-0.2, -0.15) is 8.78 Å². The van der Waals surface area contributed by atoms with E-state index in [4.69, 9.17) is 5.73 Å². The van der Waals surface area contributed by atoms with E-state index < -0.39 is 15.2 Å². The Balaban J connectivity index is 1.41. The number of nitrogens with zero attached hydrogens (tertiary/aromatic N) is 2. The number of urea groups is 1. The summed E-state index contributed by atoms with van der Waals surface area (Å²) in [6.45, 7) is 1.20. The molecule has 2 heterocycles. The van der Waals surface area contributed by atoms with Crippen molar-refractivity contribution in [3.8, 4) is 0 Å². The molecule has 33 heavy (non-hydrogen) atoms. The molecule has 0 saturated heterocycles. The molecule has 2 aromatic carbocycles. The van der Waals surface area contributed by atoms with E-state index in [1.807, 2.05) is 0 Å². The molecule has 4 rings (SSSR count). The predicted molar refractivity (Wildman–Crippen MR) is 128 cm³/mol. The van der Waals surface area contributed by atoms with Crippen LogP contribution in [-0.2, 0) is 34.8 Å². The summed E-state index contributed by atoms with van der Waals surface area (Å²) in [7, 11) is -1.49. The van der Waals surface area contributed by atoms with Crippen LogP contribution in [0.5, 0.6) is 0 Å². The second kappa shape index (κ2) is 8.72. The first-order chi connectivity index (χ1) is 15.5. The Labute approximate surface area is 193 Å². The largest absolute Gasteiger partial charge is 0.384 e. The first kappa shape index (κ1) is 23.1. The predicted octanol–water partition coefficient (Wildman–Crippen LogP) is 3.95. The molecule has 0 bridgehead atoms. The van der Waals surface area contributed by atoms with Crippen LogP contribution in [0.2, 0.25) is 0 Å². The number of nitrogens with one attached hydrogen (secondary N) is 1. The molecule has 2 amide bonds. The Morgan fingerprint density at radius 1 is 1.15 bits per heavy atom. The first-order valence-corrected chi connectivity index (χ1v) is 12.3. The standard InChI is InChI=1S/C23H23F2N4O2PS/c1-33(31,20-4-2-3-18(10-20)23(24,25)32)19-7-5-15(6-8-19)11-28-22(30)29-13-16-9-21(26)27-12-17(16)14-29/h2-10,12H,1,11,13-14,32H2,(H2,26,27)(H,28,30). The summed E-state index contributed by atoms with van der Waals surface area (Å²) >= 11 is 0. The molecule has 172 valence electrons. The van der Waals surface area contributed by atoms with E-state index in [-0.39, 0.29) is 23.0 Å². The van der Waals surface area contributed by atoms with E-state index in [2.05, 4.69) is 16.2 Å². The summed E-state index contributed by atoms with van der Waals surface area (Å²) in [5, 5.41) is 2.87. The minimum atomic E-state index is -3.12. The summed E-state index contributed by atoms with van der Waals surface area (Å²) in [6, 6.07) is 13.8. The molecule has 3 N–H and O–H groups in total. The quantitative estimate of drug-likeness (QED) is 0.421. The van der Waals surface area contributed by atoms with Gasteiger partial charge in [-0.3, -0.25) is 4.21 Å². The lowest BCUT2D eigenvalue weighted by atomic mass is 10.2. The van der Waals surface area contributed by atoms with Crippen LogP contribution in [0, 0.1) is 0 Å². The molecular formula is C23H23F2N4O2PS. The van der Waals surface area contributed by atoms with Crippen molar-refractivity contribution in [2.75, 3.05) is 5.73 Å². The van der Waals surface area contributed by atoms with Gasteiger partial charge in [-0.25, -0.2) is 9.78 Å². The van der Waals surface area contributed by atoms with Crippen LogP contribution in [0.15, 0.2) is 70.6 Å². The van der Waals surface area contributed by atoms with Crippen LogP contribution in [0.4, 0.5) is 19.4 Å². The van der Waals surface area contributed by atoms with Crippen LogP contribution in [0.25, 0.3) is 0 Å². The van der Waals surface area contributed by atoms with E-state index in [9.17, 15) is 17.8 Å². The van der Waals surface area contributed by atoms with Crippen molar-refractivity contribution in [1.82, 2.24) is 15.2 Å². The summed E-state index contributed by atoms with van der Waals surface area (Å²) in [4.78, 5) is 18.9. The summed E-state index contributed by atoms with van der Waals surface area (Å²) in [5.41, 5.74) is 5.09. The molecular weight excluding hydrogens is 465 g/mol. The van der Waals surface area contributed by atoms with Crippen LogP contribution >= 0.6 is 9.24 Å². The molecule has 0 radical (unpaired) electrons. The molecule has 3 aromatic rings. The van der Waals surface area contributed by atoms with Gasteiger partial charge >= 0.3 is 6.03 Å². The van der Waals surface area contributed by atoms with E-state index in [0.717, 1.165) is 16.7 Å². The first-order valence-electron chi connectivity index (χ1n) is 10.0. The van der Waals surface area contributed by atoms with Gasteiger partial charge in [0.1, 0.15) is 5.82 Å². The lowest BCUT2D eigenvalue weighted by molar-refractivity contribution is 0.104. The molecule has 2 unspecified atom stereocenters. The normalized spacial score (nSPS) is 15.1. The Morgan fingerprint density at radius 3 is 2.55 bits per heavy atom. The lowest BCUT2D eigenvalue weighted by Gasteiger charge is -2.17.